The van der Waals surface area contributed by atoms with Crippen LogP contribution in [0, 0.1) is 6.92 Å². The van der Waals surface area contributed by atoms with Crippen molar-refractivity contribution >= 4 is 33.0 Å². The first-order valence-corrected chi connectivity index (χ1v) is 11.3. The first-order valence-electron chi connectivity index (χ1n) is 9.26. The van der Waals surface area contributed by atoms with E-state index >= 15 is 0 Å². The van der Waals surface area contributed by atoms with Crippen LogP contribution in [-0.2, 0) is 10.0 Å². The van der Waals surface area contributed by atoms with Crippen LogP contribution < -0.4 is 10.3 Å². The number of nitrogens with zero attached hydrogens (tertiary/aromatic N) is 2. The summed E-state index contributed by atoms with van der Waals surface area (Å²) in [4.78, 5) is 17.4. The minimum absolute atomic E-state index is 0.00987. The lowest BCUT2D eigenvalue weighted by Gasteiger charge is -2.07. The van der Waals surface area contributed by atoms with Gasteiger partial charge >= 0.3 is 0 Å². The minimum Gasteiger partial charge on any atom is -0.293 e. The molecule has 30 heavy (non-hydrogen) atoms. The van der Waals surface area contributed by atoms with Gasteiger partial charge in [-0.25, -0.2) is 17.9 Å². The molecule has 9 heteroatoms. The summed E-state index contributed by atoms with van der Waals surface area (Å²) >= 11 is 6.00. The van der Waals surface area contributed by atoms with Gasteiger partial charge in [0, 0.05) is 33.6 Å². The fourth-order valence-electron chi connectivity index (χ4n) is 3.22. The summed E-state index contributed by atoms with van der Waals surface area (Å²) in [6.07, 6.45) is 0. The second-order valence-corrected chi connectivity index (χ2v) is 9.29. The fraction of sp³-hybridized carbons (Fsp3) is 0.143. The van der Waals surface area contributed by atoms with Gasteiger partial charge in [-0.15, -0.1) is 0 Å². The third-order valence-corrected chi connectivity index (χ3v) is 6.32. The summed E-state index contributed by atoms with van der Waals surface area (Å²) in [5.74, 6) is -0.00987. The molecule has 0 spiro atoms. The Morgan fingerprint density at radius 2 is 1.70 bits per heavy atom. The summed E-state index contributed by atoms with van der Waals surface area (Å²) in [7, 11) is -3.35. The van der Waals surface area contributed by atoms with Gasteiger partial charge in [0.15, 0.2) is 5.65 Å². The summed E-state index contributed by atoms with van der Waals surface area (Å²) in [6, 6.07) is 15.5. The molecule has 0 amide bonds. The first kappa shape index (κ1) is 20.2. The molecule has 2 N–H and O–H groups in total. The highest BCUT2D eigenvalue weighted by Gasteiger charge is 2.15. The van der Waals surface area contributed by atoms with Crippen molar-refractivity contribution in [3.05, 3.63) is 75.7 Å². The Bertz CT molecular complexity index is 1390. The molecule has 0 unspecified atom stereocenters. The molecule has 2 aromatic heterocycles. The highest BCUT2D eigenvalue weighted by Crippen LogP contribution is 2.29. The number of aromatic nitrogens is 3. The molecule has 0 bridgehead atoms. The van der Waals surface area contributed by atoms with Gasteiger partial charge in [0.1, 0.15) is 0 Å². The zero-order valence-electron chi connectivity index (χ0n) is 16.3. The van der Waals surface area contributed by atoms with E-state index in [0.29, 0.717) is 27.6 Å². The molecule has 4 aromatic rings. The molecule has 0 radical (unpaired) electrons. The predicted octanol–water partition coefficient (Wildman–Crippen LogP) is 4.08. The smallest absolute Gasteiger partial charge is 0.273 e. The van der Waals surface area contributed by atoms with E-state index in [-0.39, 0.29) is 11.3 Å². The molecule has 0 saturated heterocycles. The first-order chi connectivity index (χ1) is 14.3. The van der Waals surface area contributed by atoms with E-state index in [1.807, 2.05) is 19.1 Å². The summed E-state index contributed by atoms with van der Waals surface area (Å²) < 4.78 is 27.4. The maximum Gasteiger partial charge on any atom is 0.273 e. The van der Waals surface area contributed by atoms with Crippen molar-refractivity contribution in [3.63, 3.8) is 0 Å². The normalized spacial score (nSPS) is 11.7. The molecule has 7 nitrogen and oxygen atoms in total. The highest BCUT2D eigenvalue weighted by atomic mass is 35.5. The SMILES string of the molecule is CCS(=O)(=O)Nc1ccc(-c2cc(=O)n3[nH]c(C)c(-c4ccc(Cl)cc4)c3n2)cc1. The predicted molar refractivity (Wildman–Crippen MR) is 120 cm³/mol. The van der Waals surface area contributed by atoms with Crippen LogP contribution in [0.1, 0.15) is 12.6 Å². The van der Waals surface area contributed by atoms with Gasteiger partial charge in [0.25, 0.3) is 5.56 Å². The van der Waals surface area contributed by atoms with Crippen molar-refractivity contribution in [3.8, 4) is 22.4 Å². The molecule has 0 saturated carbocycles. The van der Waals surface area contributed by atoms with E-state index < -0.39 is 10.0 Å². The number of aromatic amines is 1. The Hall–Kier alpha value is -3.10. The number of nitrogens with one attached hydrogen (secondary N) is 2. The third kappa shape index (κ3) is 3.83. The summed E-state index contributed by atoms with van der Waals surface area (Å²) in [5, 5.41) is 3.69. The Labute approximate surface area is 178 Å². The molecule has 0 aliphatic rings. The van der Waals surface area contributed by atoms with Crippen LogP contribution >= 0.6 is 11.6 Å². The van der Waals surface area contributed by atoms with Gasteiger partial charge in [0.05, 0.1) is 11.4 Å². The molecule has 4 rings (SSSR count). The fourth-order valence-corrected chi connectivity index (χ4v) is 3.99. The maximum atomic E-state index is 12.7. The van der Waals surface area contributed by atoms with Crippen molar-refractivity contribution in [1.82, 2.24) is 14.6 Å². The summed E-state index contributed by atoms with van der Waals surface area (Å²) in [5.41, 5.74) is 4.44. The second kappa shape index (κ2) is 7.62. The van der Waals surface area contributed by atoms with E-state index in [1.165, 1.54) is 10.6 Å². The van der Waals surface area contributed by atoms with Crippen LogP contribution in [0.25, 0.3) is 28.0 Å². The standard InChI is InChI=1S/C21H19ClN4O3S/c1-3-30(28,29)25-17-10-6-14(7-11-17)18-12-19(27)26-21(23-18)20(13(2)24-26)15-4-8-16(22)9-5-15/h4-12,24-25H,3H2,1-2H3. The van der Waals surface area contributed by atoms with Gasteiger partial charge in [0.2, 0.25) is 10.0 Å². The van der Waals surface area contributed by atoms with Crippen molar-refractivity contribution in [1.29, 1.82) is 0 Å². The molecule has 0 fully saturated rings. The second-order valence-electron chi connectivity index (χ2n) is 6.84. The van der Waals surface area contributed by atoms with Crippen LogP contribution in [0.2, 0.25) is 5.02 Å². The quantitative estimate of drug-likeness (QED) is 0.486. The lowest BCUT2D eigenvalue weighted by atomic mass is 10.1. The van der Waals surface area contributed by atoms with Crippen molar-refractivity contribution < 1.29 is 8.42 Å². The van der Waals surface area contributed by atoms with Gasteiger partial charge in [-0.2, -0.15) is 0 Å². The average molecular weight is 443 g/mol. The number of anilines is 1. The molecule has 0 atom stereocenters. The molecule has 154 valence electrons. The molecule has 2 heterocycles. The number of hydrogen-bond donors (Lipinski definition) is 2. The van der Waals surface area contributed by atoms with Crippen molar-refractivity contribution in [2.75, 3.05) is 10.5 Å². The zero-order valence-corrected chi connectivity index (χ0v) is 17.9. The monoisotopic (exact) mass is 442 g/mol. The topological polar surface area (TPSA) is 96.3 Å². The lowest BCUT2D eigenvalue weighted by Crippen LogP contribution is -2.15. The summed E-state index contributed by atoms with van der Waals surface area (Å²) in [6.45, 7) is 3.45. The Balaban J connectivity index is 1.80. The maximum absolute atomic E-state index is 12.7. The molecule has 2 aromatic carbocycles. The molecular weight excluding hydrogens is 424 g/mol. The zero-order chi connectivity index (χ0) is 21.5. The van der Waals surface area contributed by atoms with Crippen LogP contribution in [-0.4, -0.2) is 28.8 Å². The Morgan fingerprint density at radius 3 is 2.33 bits per heavy atom. The van der Waals surface area contributed by atoms with Gasteiger partial charge in [-0.05, 0) is 43.7 Å². The van der Waals surface area contributed by atoms with E-state index in [4.69, 9.17) is 16.6 Å². The van der Waals surface area contributed by atoms with Crippen LogP contribution in [0.4, 0.5) is 5.69 Å². The number of H-pyrrole nitrogens is 1. The van der Waals surface area contributed by atoms with E-state index in [0.717, 1.165) is 16.8 Å². The van der Waals surface area contributed by atoms with Gasteiger partial charge in [-0.3, -0.25) is 14.6 Å². The van der Waals surface area contributed by atoms with Gasteiger partial charge < -0.3 is 0 Å². The Morgan fingerprint density at radius 1 is 1.07 bits per heavy atom. The number of benzene rings is 2. The molecule has 0 aliphatic carbocycles. The van der Waals surface area contributed by atoms with E-state index in [2.05, 4.69) is 9.82 Å². The van der Waals surface area contributed by atoms with Crippen molar-refractivity contribution in [2.24, 2.45) is 0 Å². The van der Waals surface area contributed by atoms with Crippen LogP contribution in [0.5, 0.6) is 0 Å². The van der Waals surface area contributed by atoms with Gasteiger partial charge in [-0.1, -0.05) is 35.9 Å². The van der Waals surface area contributed by atoms with Crippen molar-refractivity contribution in [2.45, 2.75) is 13.8 Å². The van der Waals surface area contributed by atoms with E-state index in [1.54, 1.807) is 43.3 Å². The number of rotatable bonds is 5. The van der Waals surface area contributed by atoms with Crippen LogP contribution in [0.15, 0.2) is 59.4 Å². The third-order valence-electron chi connectivity index (χ3n) is 4.76. The van der Waals surface area contributed by atoms with E-state index in [9.17, 15) is 13.2 Å². The van der Waals surface area contributed by atoms with Crippen LogP contribution in [0.3, 0.4) is 0 Å². The molecular formula is C21H19ClN4O3S. The number of aryl methyl sites for hydroxylation is 1. The number of fused-ring (bicyclic) bond motifs is 1. The highest BCUT2D eigenvalue weighted by molar-refractivity contribution is 7.92. The largest absolute Gasteiger partial charge is 0.293 e. The number of halogens is 1. The lowest BCUT2D eigenvalue weighted by molar-refractivity contribution is 0.602. The molecule has 0 aliphatic heterocycles. The Kier molecular flexibility index (Phi) is 5.13. The average Bonchev–Trinajstić information content (AvgIpc) is 3.05. The number of sulfonamides is 1. The number of hydrogen-bond acceptors (Lipinski definition) is 4. The minimum atomic E-state index is -3.35.